The number of piperidine rings is 1. The molecular formula is C24H30N4O4. The molecule has 2 amide bonds. The zero-order valence-electron chi connectivity index (χ0n) is 18.3. The predicted octanol–water partition coefficient (Wildman–Crippen LogP) is 4.02. The number of anilines is 1. The maximum atomic E-state index is 12.8. The Morgan fingerprint density at radius 2 is 1.66 bits per heavy atom. The number of amides is 2. The van der Waals surface area contributed by atoms with Crippen LogP contribution in [0.1, 0.15) is 19.3 Å². The molecule has 32 heavy (non-hydrogen) atoms. The van der Waals surface area contributed by atoms with E-state index in [0.717, 1.165) is 38.4 Å². The Morgan fingerprint density at radius 3 is 2.34 bits per heavy atom. The molecule has 0 spiro atoms. The molecule has 2 aromatic rings. The molecule has 0 saturated carbocycles. The molecule has 0 aromatic heterocycles. The van der Waals surface area contributed by atoms with E-state index in [2.05, 4.69) is 4.90 Å². The fourth-order valence-corrected chi connectivity index (χ4v) is 4.41. The first kappa shape index (κ1) is 22.1. The second-order valence-corrected chi connectivity index (χ2v) is 8.43. The number of rotatable bonds is 9. The highest BCUT2D eigenvalue weighted by atomic mass is 16.6. The van der Waals surface area contributed by atoms with Crippen molar-refractivity contribution >= 4 is 17.4 Å². The van der Waals surface area contributed by atoms with Gasteiger partial charge in [0.15, 0.2) is 0 Å². The molecule has 0 radical (unpaired) electrons. The van der Waals surface area contributed by atoms with Gasteiger partial charge in [0.1, 0.15) is 5.75 Å². The molecule has 2 aliphatic rings. The quantitative estimate of drug-likeness (QED) is 0.436. The Labute approximate surface area is 188 Å². The number of hydrogen-bond donors (Lipinski definition) is 0. The number of carbonyl (C=O) groups excluding carboxylic acids is 1. The lowest BCUT2D eigenvalue weighted by Gasteiger charge is -2.33. The minimum atomic E-state index is -0.429. The summed E-state index contributed by atoms with van der Waals surface area (Å²) in [5, 5.41) is 10.8. The fourth-order valence-electron chi connectivity index (χ4n) is 4.41. The molecule has 2 saturated heterocycles. The van der Waals surface area contributed by atoms with Crippen LogP contribution in [0.2, 0.25) is 0 Å². The van der Waals surface area contributed by atoms with Gasteiger partial charge < -0.3 is 14.5 Å². The molecule has 0 N–H and O–H groups in total. The van der Waals surface area contributed by atoms with Crippen LogP contribution in [0.25, 0.3) is 0 Å². The molecule has 2 aromatic carbocycles. The van der Waals surface area contributed by atoms with Crippen LogP contribution in [0, 0.1) is 16.0 Å². The van der Waals surface area contributed by atoms with E-state index in [4.69, 9.17) is 4.74 Å². The highest BCUT2D eigenvalue weighted by Crippen LogP contribution is 2.24. The second kappa shape index (κ2) is 10.5. The number of para-hydroxylation sites is 1. The zero-order chi connectivity index (χ0) is 22.3. The van der Waals surface area contributed by atoms with Crippen molar-refractivity contribution in [2.45, 2.75) is 19.3 Å². The SMILES string of the molecule is O=C1N(CCN2CCC(CCOc3ccccc3)CC2)CCN1c1ccc([N+](=O)[O-])cc1. The average molecular weight is 439 g/mol. The van der Waals surface area contributed by atoms with Crippen LogP contribution < -0.4 is 9.64 Å². The summed E-state index contributed by atoms with van der Waals surface area (Å²) >= 11 is 0. The zero-order valence-corrected chi connectivity index (χ0v) is 18.3. The van der Waals surface area contributed by atoms with Gasteiger partial charge in [0.25, 0.3) is 5.69 Å². The van der Waals surface area contributed by atoms with E-state index in [0.29, 0.717) is 31.2 Å². The number of nitro benzene ring substituents is 1. The standard InChI is InChI=1S/C24H30N4O4/c29-24-26(17-18-27(24)21-6-8-22(9-7-21)28(30)31)16-15-25-13-10-20(11-14-25)12-19-32-23-4-2-1-3-5-23/h1-9,20H,10-19H2. The van der Waals surface area contributed by atoms with Crippen molar-refractivity contribution < 1.29 is 14.5 Å². The van der Waals surface area contributed by atoms with E-state index in [1.54, 1.807) is 17.0 Å². The predicted molar refractivity (Wildman–Crippen MR) is 123 cm³/mol. The molecule has 8 nitrogen and oxygen atoms in total. The summed E-state index contributed by atoms with van der Waals surface area (Å²) < 4.78 is 5.83. The number of nitrogens with zero attached hydrogens (tertiary/aromatic N) is 4. The van der Waals surface area contributed by atoms with Gasteiger partial charge in [-0.3, -0.25) is 15.0 Å². The van der Waals surface area contributed by atoms with Crippen LogP contribution in [0.15, 0.2) is 54.6 Å². The number of nitro groups is 1. The van der Waals surface area contributed by atoms with E-state index in [1.807, 2.05) is 35.2 Å². The van der Waals surface area contributed by atoms with E-state index < -0.39 is 4.92 Å². The lowest BCUT2D eigenvalue weighted by atomic mass is 9.94. The molecule has 8 heteroatoms. The van der Waals surface area contributed by atoms with Gasteiger partial charge in [0, 0.05) is 44.0 Å². The van der Waals surface area contributed by atoms with Crippen molar-refractivity contribution in [1.29, 1.82) is 0 Å². The van der Waals surface area contributed by atoms with Gasteiger partial charge in [-0.2, -0.15) is 0 Å². The molecule has 2 aliphatic heterocycles. The Morgan fingerprint density at radius 1 is 0.938 bits per heavy atom. The summed E-state index contributed by atoms with van der Waals surface area (Å²) in [5.74, 6) is 1.63. The number of likely N-dealkylation sites (tertiary alicyclic amines) is 1. The summed E-state index contributed by atoms with van der Waals surface area (Å²) in [6.45, 7) is 5.77. The van der Waals surface area contributed by atoms with Gasteiger partial charge in [-0.05, 0) is 62.5 Å². The van der Waals surface area contributed by atoms with Crippen molar-refractivity contribution in [3.05, 3.63) is 64.7 Å². The van der Waals surface area contributed by atoms with Crippen LogP contribution >= 0.6 is 0 Å². The average Bonchev–Trinajstić information content (AvgIpc) is 3.19. The van der Waals surface area contributed by atoms with Crippen LogP contribution in [0.4, 0.5) is 16.2 Å². The van der Waals surface area contributed by atoms with Crippen LogP contribution in [0.3, 0.4) is 0 Å². The second-order valence-electron chi connectivity index (χ2n) is 8.43. The molecule has 0 bridgehead atoms. The van der Waals surface area contributed by atoms with Crippen molar-refractivity contribution in [3.8, 4) is 5.75 Å². The topological polar surface area (TPSA) is 79.2 Å². The normalized spacial score (nSPS) is 17.7. The van der Waals surface area contributed by atoms with Gasteiger partial charge in [-0.25, -0.2) is 4.79 Å². The van der Waals surface area contributed by atoms with Crippen LogP contribution in [0.5, 0.6) is 5.75 Å². The first-order valence-electron chi connectivity index (χ1n) is 11.3. The van der Waals surface area contributed by atoms with Gasteiger partial charge in [-0.15, -0.1) is 0 Å². The third-order valence-electron chi connectivity index (χ3n) is 6.40. The van der Waals surface area contributed by atoms with E-state index in [-0.39, 0.29) is 11.7 Å². The summed E-state index contributed by atoms with van der Waals surface area (Å²) in [6.07, 6.45) is 3.42. The number of hydrogen-bond acceptors (Lipinski definition) is 5. The van der Waals surface area contributed by atoms with E-state index in [1.165, 1.54) is 25.0 Å². The summed E-state index contributed by atoms with van der Waals surface area (Å²) in [7, 11) is 0. The maximum Gasteiger partial charge on any atom is 0.324 e. The van der Waals surface area contributed by atoms with Crippen molar-refractivity contribution in [3.63, 3.8) is 0 Å². The number of non-ortho nitro benzene ring substituents is 1. The molecule has 4 rings (SSSR count). The lowest BCUT2D eigenvalue weighted by Crippen LogP contribution is -2.41. The first-order valence-corrected chi connectivity index (χ1v) is 11.3. The Hall–Kier alpha value is -3.13. The number of ether oxygens (including phenoxy) is 1. The van der Waals surface area contributed by atoms with E-state index in [9.17, 15) is 14.9 Å². The summed E-state index contributed by atoms with van der Waals surface area (Å²) in [6, 6.07) is 16.1. The molecule has 2 heterocycles. The van der Waals surface area contributed by atoms with Gasteiger partial charge in [-0.1, -0.05) is 18.2 Å². The third-order valence-corrected chi connectivity index (χ3v) is 6.40. The van der Waals surface area contributed by atoms with Crippen molar-refractivity contribution in [1.82, 2.24) is 9.80 Å². The highest BCUT2D eigenvalue weighted by molar-refractivity contribution is 5.94. The maximum absolute atomic E-state index is 12.8. The molecule has 2 fully saturated rings. The van der Waals surface area contributed by atoms with Crippen molar-refractivity contribution in [2.75, 3.05) is 50.8 Å². The smallest absolute Gasteiger partial charge is 0.324 e. The largest absolute Gasteiger partial charge is 0.494 e. The summed E-state index contributed by atoms with van der Waals surface area (Å²) in [4.78, 5) is 29.2. The van der Waals surface area contributed by atoms with Crippen LogP contribution in [-0.2, 0) is 0 Å². The third kappa shape index (κ3) is 5.56. The van der Waals surface area contributed by atoms with E-state index >= 15 is 0 Å². The lowest BCUT2D eigenvalue weighted by molar-refractivity contribution is -0.384. The molecule has 0 unspecified atom stereocenters. The Kier molecular flexibility index (Phi) is 7.21. The first-order chi connectivity index (χ1) is 15.6. The number of urea groups is 1. The van der Waals surface area contributed by atoms with Crippen molar-refractivity contribution in [2.24, 2.45) is 5.92 Å². The molecule has 170 valence electrons. The Balaban J connectivity index is 1.16. The highest BCUT2D eigenvalue weighted by Gasteiger charge is 2.30. The van der Waals surface area contributed by atoms with Crippen LogP contribution in [-0.4, -0.2) is 66.6 Å². The minimum absolute atomic E-state index is 0.0215. The summed E-state index contributed by atoms with van der Waals surface area (Å²) in [5.41, 5.74) is 0.744. The number of carbonyl (C=O) groups is 1. The number of benzene rings is 2. The minimum Gasteiger partial charge on any atom is -0.494 e. The molecular weight excluding hydrogens is 408 g/mol. The van der Waals surface area contributed by atoms with Gasteiger partial charge >= 0.3 is 6.03 Å². The Bertz CT molecular complexity index is 898. The fraction of sp³-hybridized carbons (Fsp3) is 0.458. The monoisotopic (exact) mass is 438 g/mol. The molecule has 0 atom stereocenters. The van der Waals surface area contributed by atoms with Gasteiger partial charge in [0.05, 0.1) is 11.5 Å². The molecule has 0 aliphatic carbocycles. The van der Waals surface area contributed by atoms with Gasteiger partial charge in [0.2, 0.25) is 0 Å².